The molecule has 0 fully saturated rings. The van der Waals surface area contributed by atoms with Crippen LogP contribution in [0.1, 0.15) is 27.6 Å². The zero-order valence-corrected chi connectivity index (χ0v) is 12.2. The average Bonchev–Trinajstić information content (AvgIpc) is 2.48. The van der Waals surface area contributed by atoms with Crippen LogP contribution in [0.4, 0.5) is 5.69 Å². The van der Waals surface area contributed by atoms with Crippen molar-refractivity contribution in [1.29, 1.82) is 0 Å². The standard InChI is InChI=1S/C17H14ClNO2/c1-12(20)13-4-8-16(9-5-13)19-11-10-17(21)14-2-6-15(18)7-3-14/h2-11,19H,1H3. The Kier molecular flexibility index (Phi) is 4.90. The van der Waals surface area contributed by atoms with Crippen molar-refractivity contribution >= 4 is 28.9 Å². The Hall–Kier alpha value is -2.39. The Balaban J connectivity index is 1.97. The van der Waals surface area contributed by atoms with Gasteiger partial charge in [0.05, 0.1) is 0 Å². The molecule has 4 heteroatoms. The van der Waals surface area contributed by atoms with E-state index >= 15 is 0 Å². The van der Waals surface area contributed by atoms with Gasteiger partial charge in [-0.25, -0.2) is 0 Å². The number of carbonyl (C=O) groups is 2. The molecular formula is C17H14ClNO2. The van der Waals surface area contributed by atoms with Crippen molar-refractivity contribution in [2.75, 3.05) is 5.32 Å². The molecule has 0 unspecified atom stereocenters. The highest BCUT2D eigenvalue weighted by molar-refractivity contribution is 6.30. The number of allylic oxidation sites excluding steroid dienone is 1. The number of Topliss-reactive ketones (excluding diaryl/α,β-unsaturated/α-hetero) is 1. The molecule has 2 aromatic carbocycles. The number of hydrogen-bond acceptors (Lipinski definition) is 3. The molecule has 0 amide bonds. The quantitative estimate of drug-likeness (QED) is 0.659. The SMILES string of the molecule is CC(=O)c1ccc(NC=CC(=O)c2ccc(Cl)cc2)cc1. The first-order valence-corrected chi connectivity index (χ1v) is 6.78. The number of ketones is 2. The van der Waals surface area contributed by atoms with Gasteiger partial charge in [-0.2, -0.15) is 0 Å². The molecule has 1 N–H and O–H groups in total. The number of benzene rings is 2. The van der Waals surface area contributed by atoms with Gasteiger partial charge >= 0.3 is 0 Å². The second kappa shape index (κ2) is 6.86. The van der Waals surface area contributed by atoms with E-state index in [1.165, 1.54) is 13.0 Å². The Morgan fingerprint density at radius 3 is 2.10 bits per heavy atom. The van der Waals surface area contributed by atoms with Crippen molar-refractivity contribution in [3.8, 4) is 0 Å². The lowest BCUT2D eigenvalue weighted by Gasteiger charge is -2.01. The third-order valence-corrected chi connectivity index (χ3v) is 3.16. The van der Waals surface area contributed by atoms with Crippen LogP contribution in [0.5, 0.6) is 0 Å². The summed E-state index contributed by atoms with van der Waals surface area (Å²) in [6, 6.07) is 13.8. The molecule has 0 atom stereocenters. The fraction of sp³-hybridized carbons (Fsp3) is 0.0588. The van der Waals surface area contributed by atoms with E-state index in [1.807, 2.05) is 0 Å². The maximum Gasteiger partial charge on any atom is 0.187 e. The van der Waals surface area contributed by atoms with E-state index in [0.29, 0.717) is 16.1 Å². The summed E-state index contributed by atoms with van der Waals surface area (Å²) < 4.78 is 0. The van der Waals surface area contributed by atoms with Gasteiger partial charge in [-0.3, -0.25) is 9.59 Å². The molecular weight excluding hydrogens is 286 g/mol. The van der Waals surface area contributed by atoms with Crippen LogP contribution in [-0.2, 0) is 0 Å². The predicted molar refractivity (Wildman–Crippen MR) is 85.0 cm³/mol. The van der Waals surface area contributed by atoms with E-state index in [9.17, 15) is 9.59 Å². The molecule has 0 aromatic heterocycles. The van der Waals surface area contributed by atoms with Crippen LogP contribution in [0.2, 0.25) is 5.02 Å². The molecule has 0 saturated heterocycles. The lowest BCUT2D eigenvalue weighted by Crippen LogP contribution is -1.96. The first kappa shape index (κ1) is 15.0. The van der Waals surface area contributed by atoms with Gasteiger partial charge in [-0.05, 0) is 55.5 Å². The van der Waals surface area contributed by atoms with E-state index in [4.69, 9.17) is 11.6 Å². The van der Waals surface area contributed by atoms with Crippen molar-refractivity contribution < 1.29 is 9.59 Å². The Labute approximate surface area is 128 Å². The molecule has 21 heavy (non-hydrogen) atoms. The molecule has 2 rings (SSSR count). The lowest BCUT2D eigenvalue weighted by molar-refractivity contribution is 0.101. The summed E-state index contributed by atoms with van der Waals surface area (Å²) in [7, 11) is 0. The first-order chi connectivity index (χ1) is 10.1. The van der Waals surface area contributed by atoms with Crippen molar-refractivity contribution in [2.45, 2.75) is 6.92 Å². The normalized spacial score (nSPS) is 10.6. The van der Waals surface area contributed by atoms with E-state index in [-0.39, 0.29) is 11.6 Å². The third kappa shape index (κ3) is 4.29. The van der Waals surface area contributed by atoms with E-state index < -0.39 is 0 Å². The molecule has 0 aliphatic heterocycles. The largest absolute Gasteiger partial charge is 0.362 e. The molecule has 0 saturated carbocycles. The highest BCUT2D eigenvalue weighted by Crippen LogP contribution is 2.12. The number of hydrogen-bond donors (Lipinski definition) is 1. The Morgan fingerprint density at radius 2 is 1.52 bits per heavy atom. The van der Waals surface area contributed by atoms with Gasteiger partial charge in [0.15, 0.2) is 11.6 Å². The van der Waals surface area contributed by atoms with Crippen LogP contribution >= 0.6 is 11.6 Å². The van der Waals surface area contributed by atoms with E-state index in [1.54, 1.807) is 54.7 Å². The van der Waals surface area contributed by atoms with E-state index in [2.05, 4.69) is 5.32 Å². The molecule has 0 bridgehead atoms. The summed E-state index contributed by atoms with van der Waals surface area (Å²) in [4.78, 5) is 23.0. The summed E-state index contributed by atoms with van der Waals surface area (Å²) in [6.45, 7) is 1.52. The van der Waals surface area contributed by atoms with Gasteiger partial charge in [-0.15, -0.1) is 0 Å². The average molecular weight is 300 g/mol. The number of halogens is 1. The number of carbonyl (C=O) groups excluding carboxylic acids is 2. The predicted octanol–water partition coefficient (Wildman–Crippen LogP) is 4.35. The van der Waals surface area contributed by atoms with Crippen LogP contribution in [0.25, 0.3) is 0 Å². The number of rotatable bonds is 5. The highest BCUT2D eigenvalue weighted by Gasteiger charge is 2.01. The maximum atomic E-state index is 11.9. The van der Waals surface area contributed by atoms with Crippen molar-refractivity contribution in [3.63, 3.8) is 0 Å². The number of anilines is 1. The van der Waals surface area contributed by atoms with Crippen molar-refractivity contribution in [3.05, 3.63) is 77.0 Å². The van der Waals surface area contributed by atoms with Gasteiger partial charge < -0.3 is 5.32 Å². The summed E-state index contributed by atoms with van der Waals surface area (Å²) >= 11 is 5.77. The fourth-order valence-corrected chi connectivity index (χ4v) is 1.85. The van der Waals surface area contributed by atoms with Crippen LogP contribution < -0.4 is 5.32 Å². The monoisotopic (exact) mass is 299 g/mol. The molecule has 0 heterocycles. The molecule has 106 valence electrons. The summed E-state index contributed by atoms with van der Waals surface area (Å²) in [5, 5.41) is 3.58. The van der Waals surface area contributed by atoms with Crippen LogP contribution in [0.15, 0.2) is 60.8 Å². The zero-order chi connectivity index (χ0) is 15.2. The van der Waals surface area contributed by atoms with Crippen molar-refractivity contribution in [1.82, 2.24) is 0 Å². The Morgan fingerprint density at radius 1 is 0.952 bits per heavy atom. The topological polar surface area (TPSA) is 46.2 Å². The third-order valence-electron chi connectivity index (χ3n) is 2.90. The molecule has 2 aromatic rings. The van der Waals surface area contributed by atoms with Gasteiger partial charge in [0, 0.05) is 34.1 Å². The van der Waals surface area contributed by atoms with Gasteiger partial charge in [-0.1, -0.05) is 11.6 Å². The van der Waals surface area contributed by atoms with Crippen LogP contribution in [0.3, 0.4) is 0 Å². The number of nitrogens with one attached hydrogen (secondary N) is 1. The first-order valence-electron chi connectivity index (χ1n) is 6.40. The van der Waals surface area contributed by atoms with Crippen LogP contribution in [-0.4, -0.2) is 11.6 Å². The molecule has 3 nitrogen and oxygen atoms in total. The lowest BCUT2D eigenvalue weighted by atomic mass is 10.1. The minimum Gasteiger partial charge on any atom is -0.362 e. The van der Waals surface area contributed by atoms with Gasteiger partial charge in [0.25, 0.3) is 0 Å². The van der Waals surface area contributed by atoms with Crippen molar-refractivity contribution in [2.24, 2.45) is 0 Å². The minimum absolute atomic E-state index is 0.0232. The van der Waals surface area contributed by atoms with Gasteiger partial charge in [0.1, 0.15) is 0 Å². The zero-order valence-electron chi connectivity index (χ0n) is 11.5. The van der Waals surface area contributed by atoms with Crippen LogP contribution in [0, 0.1) is 0 Å². The fourth-order valence-electron chi connectivity index (χ4n) is 1.73. The maximum absolute atomic E-state index is 11.9. The van der Waals surface area contributed by atoms with Gasteiger partial charge in [0.2, 0.25) is 0 Å². The summed E-state index contributed by atoms with van der Waals surface area (Å²) in [5.41, 5.74) is 2.03. The van der Waals surface area contributed by atoms with E-state index in [0.717, 1.165) is 5.69 Å². The smallest absolute Gasteiger partial charge is 0.187 e. The summed E-state index contributed by atoms with van der Waals surface area (Å²) in [6.07, 6.45) is 3.02. The second-order valence-electron chi connectivity index (χ2n) is 4.48. The molecule has 0 aliphatic rings. The summed E-state index contributed by atoms with van der Waals surface area (Å²) in [5.74, 6) is -0.0884. The Bertz CT molecular complexity index is 673. The second-order valence-corrected chi connectivity index (χ2v) is 4.92. The molecule has 0 spiro atoms. The molecule has 0 aliphatic carbocycles. The highest BCUT2D eigenvalue weighted by atomic mass is 35.5. The molecule has 0 radical (unpaired) electrons. The minimum atomic E-state index is -0.112.